The molecule has 2 aliphatic carbocycles. The van der Waals surface area contributed by atoms with Crippen LogP contribution in [0.5, 0.6) is 0 Å². The molecule has 1 unspecified atom stereocenters. The highest BCUT2D eigenvalue weighted by molar-refractivity contribution is 6.28. The van der Waals surface area contributed by atoms with Crippen LogP contribution in [0.1, 0.15) is 43.2 Å². The zero-order valence-corrected chi connectivity index (χ0v) is 17.0. The molecule has 1 heterocycles. The molecule has 1 atom stereocenters. The lowest BCUT2D eigenvalue weighted by molar-refractivity contribution is -0.142. The summed E-state index contributed by atoms with van der Waals surface area (Å²) in [5.74, 6) is -2.13. The molecule has 0 amide bonds. The normalized spacial score (nSPS) is 24.7. The number of esters is 2. The summed E-state index contributed by atoms with van der Waals surface area (Å²) < 4.78 is 16.1. The fourth-order valence-corrected chi connectivity index (χ4v) is 4.38. The average molecular weight is 409 g/mol. The van der Waals surface area contributed by atoms with Crippen LogP contribution >= 0.6 is 0 Å². The summed E-state index contributed by atoms with van der Waals surface area (Å²) >= 11 is 0. The topological polar surface area (TPSA) is 91.3 Å². The maximum Gasteiger partial charge on any atom is 0.344 e. The van der Waals surface area contributed by atoms with Crippen LogP contribution in [0.4, 0.5) is 0 Å². The second-order valence-electron chi connectivity index (χ2n) is 7.53. The SMILES string of the molecule is COC(=O)C1=C(C(=O)OC)C2(OC1=NC1CCCCC1)C(=O)C=Cc1ccccc12. The van der Waals surface area contributed by atoms with Crippen LogP contribution in [0, 0.1) is 0 Å². The van der Waals surface area contributed by atoms with Gasteiger partial charge >= 0.3 is 11.9 Å². The van der Waals surface area contributed by atoms with Gasteiger partial charge in [0.25, 0.3) is 0 Å². The van der Waals surface area contributed by atoms with Gasteiger partial charge in [-0.25, -0.2) is 14.6 Å². The number of carbonyl (C=O) groups excluding carboxylic acids is 3. The van der Waals surface area contributed by atoms with Gasteiger partial charge in [0.15, 0.2) is 0 Å². The molecule has 7 heteroatoms. The van der Waals surface area contributed by atoms with Crippen LogP contribution in [0.3, 0.4) is 0 Å². The highest BCUT2D eigenvalue weighted by atomic mass is 16.6. The number of fused-ring (bicyclic) bond motifs is 2. The number of ketones is 1. The Hall–Kier alpha value is -3.22. The van der Waals surface area contributed by atoms with E-state index in [1.165, 1.54) is 20.3 Å². The predicted octanol–water partition coefficient (Wildman–Crippen LogP) is 2.88. The van der Waals surface area contributed by atoms with Crippen LogP contribution in [-0.4, -0.2) is 43.9 Å². The van der Waals surface area contributed by atoms with Gasteiger partial charge in [-0.1, -0.05) is 49.6 Å². The smallest absolute Gasteiger partial charge is 0.344 e. The summed E-state index contributed by atoms with van der Waals surface area (Å²) in [6.45, 7) is 0. The number of benzene rings is 1. The molecule has 3 aliphatic rings. The van der Waals surface area contributed by atoms with E-state index < -0.39 is 23.3 Å². The monoisotopic (exact) mass is 409 g/mol. The minimum atomic E-state index is -1.82. The number of carbonyl (C=O) groups is 3. The summed E-state index contributed by atoms with van der Waals surface area (Å²) in [5.41, 5.74) is -0.980. The molecule has 1 aliphatic heterocycles. The van der Waals surface area contributed by atoms with Crippen molar-refractivity contribution in [2.24, 2.45) is 4.99 Å². The van der Waals surface area contributed by atoms with E-state index in [4.69, 9.17) is 14.2 Å². The Kier molecular flexibility index (Phi) is 5.28. The molecule has 0 bridgehead atoms. The summed E-state index contributed by atoms with van der Waals surface area (Å²) in [4.78, 5) is 43.6. The molecular formula is C23H23NO6. The Morgan fingerprint density at radius 2 is 1.73 bits per heavy atom. The molecule has 1 aromatic rings. The number of nitrogens with zero attached hydrogens (tertiary/aromatic N) is 1. The van der Waals surface area contributed by atoms with Gasteiger partial charge in [-0.05, 0) is 24.5 Å². The molecule has 30 heavy (non-hydrogen) atoms. The minimum Gasteiger partial charge on any atom is -0.466 e. The van der Waals surface area contributed by atoms with Crippen molar-refractivity contribution in [3.8, 4) is 0 Å². The number of hydrogen-bond acceptors (Lipinski definition) is 7. The van der Waals surface area contributed by atoms with Gasteiger partial charge in [0, 0.05) is 5.56 Å². The molecule has 156 valence electrons. The Bertz CT molecular complexity index is 999. The standard InChI is InChI=1S/C23H23NO6/c1-28-21(26)18-19(22(27)29-2)23(30-20(18)24-15-9-4-3-5-10-15)16-11-7-6-8-14(16)12-13-17(23)25/h6-8,11-13,15H,3-5,9-10H2,1-2H3. The third-order valence-corrected chi connectivity index (χ3v) is 5.82. The van der Waals surface area contributed by atoms with Crippen molar-refractivity contribution in [3.05, 3.63) is 52.6 Å². The molecule has 0 saturated heterocycles. The third-order valence-electron chi connectivity index (χ3n) is 5.82. The van der Waals surface area contributed by atoms with E-state index in [0.717, 1.165) is 32.1 Å². The molecule has 1 saturated carbocycles. The van der Waals surface area contributed by atoms with E-state index in [1.807, 2.05) is 12.1 Å². The van der Waals surface area contributed by atoms with Gasteiger partial charge in [0.05, 0.1) is 20.3 Å². The highest BCUT2D eigenvalue weighted by Gasteiger charge is 2.59. The Morgan fingerprint density at radius 1 is 1.03 bits per heavy atom. The first-order valence-electron chi connectivity index (χ1n) is 10.0. The van der Waals surface area contributed by atoms with E-state index >= 15 is 0 Å². The second kappa shape index (κ2) is 7.89. The van der Waals surface area contributed by atoms with Crippen molar-refractivity contribution in [2.75, 3.05) is 14.2 Å². The van der Waals surface area contributed by atoms with Crippen molar-refractivity contribution in [3.63, 3.8) is 0 Å². The Labute approximate surface area is 174 Å². The fourth-order valence-electron chi connectivity index (χ4n) is 4.38. The summed E-state index contributed by atoms with van der Waals surface area (Å²) in [6, 6.07) is 7.04. The first kappa shape index (κ1) is 20.1. The number of rotatable bonds is 3. The third kappa shape index (κ3) is 3.05. The maximum atomic E-state index is 13.2. The van der Waals surface area contributed by atoms with Crippen molar-refractivity contribution in [2.45, 2.75) is 43.7 Å². The van der Waals surface area contributed by atoms with Crippen LogP contribution in [0.15, 0.2) is 46.5 Å². The summed E-state index contributed by atoms with van der Waals surface area (Å²) in [5, 5.41) is 0. The van der Waals surface area contributed by atoms with E-state index in [-0.39, 0.29) is 23.1 Å². The predicted molar refractivity (Wildman–Crippen MR) is 109 cm³/mol. The van der Waals surface area contributed by atoms with Gasteiger partial charge in [-0.2, -0.15) is 0 Å². The molecule has 7 nitrogen and oxygen atoms in total. The van der Waals surface area contributed by atoms with Gasteiger partial charge in [0.1, 0.15) is 11.1 Å². The van der Waals surface area contributed by atoms with Crippen LogP contribution in [0.2, 0.25) is 0 Å². The molecule has 0 aromatic heterocycles. The van der Waals surface area contributed by atoms with E-state index in [0.29, 0.717) is 11.1 Å². The zero-order chi connectivity index (χ0) is 21.3. The van der Waals surface area contributed by atoms with E-state index in [1.54, 1.807) is 18.2 Å². The number of ether oxygens (including phenoxy) is 3. The average Bonchev–Trinajstić information content (AvgIpc) is 3.11. The quantitative estimate of drug-likeness (QED) is 0.713. The van der Waals surface area contributed by atoms with Crippen molar-refractivity contribution >= 4 is 29.7 Å². The molecule has 0 radical (unpaired) electrons. The first-order chi connectivity index (χ1) is 14.5. The Morgan fingerprint density at radius 3 is 2.43 bits per heavy atom. The van der Waals surface area contributed by atoms with Gasteiger partial charge < -0.3 is 14.2 Å². The highest BCUT2D eigenvalue weighted by Crippen LogP contribution is 2.47. The van der Waals surface area contributed by atoms with Crippen molar-refractivity contribution in [1.29, 1.82) is 0 Å². The molecule has 0 N–H and O–H groups in total. The lowest BCUT2D eigenvalue weighted by Crippen LogP contribution is -2.42. The lowest BCUT2D eigenvalue weighted by Gasteiger charge is -2.32. The molecule has 4 rings (SSSR count). The Balaban J connectivity index is 1.98. The minimum absolute atomic E-state index is 0.0346. The summed E-state index contributed by atoms with van der Waals surface area (Å²) in [7, 11) is 2.41. The molecule has 1 spiro atoms. The maximum absolute atomic E-state index is 13.2. The largest absolute Gasteiger partial charge is 0.466 e. The van der Waals surface area contributed by atoms with Crippen LogP contribution < -0.4 is 0 Å². The lowest BCUT2D eigenvalue weighted by atomic mass is 9.76. The second-order valence-corrected chi connectivity index (χ2v) is 7.53. The fraction of sp³-hybridized carbons (Fsp3) is 0.391. The van der Waals surface area contributed by atoms with Gasteiger partial charge in [-0.15, -0.1) is 0 Å². The van der Waals surface area contributed by atoms with E-state index in [2.05, 4.69) is 4.99 Å². The van der Waals surface area contributed by atoms with Crippen molar-refractivity contribution < 1.29 is 28.6 Å². The van der Waals surface area contributed by atoms with E-state index in [9.17, 15) is 14.4 Å². The summed E-state index contributed by atoms with van der Waals surface area (Å²) in [6.07, 6.45) is 7.91. The zero-order valence-electron chi connectivity index (χ0n) is 17.0. The van der Waals surface area contributed by atoms with Gasteiger partial charge in [0.2, 0.25) is 17.3 Å². The molecular weight excluding hydrogens is 386 g/mol. The van der Waals surface area contributed by atoms with Gasteiger partial charge in [-0.3, -0.25) is 4.79 Å². The number of methoxy groups -OCH3 is 2. The van der Waals surface area contributed by atoms with Crippen LogP contribution in [-0.2, 0) is 34.2 Å². The molecule has 1 aromatic carbocycles. The molecule has 1 fully saturated rings. The van der Waals surface area contributed by atoms with Crippen molar-refractivity contribution in [1.82, 2.24) is 0 Å². The van der Waals surface area contributed by atoms with Crippen LogP contribution in [0.25, 0.3) is 6.08 Å². The number of aliphatic imine (C=N–C) groups is 1. The number of hydrogen-bond donors (Lipinski definition) is 0. The first-order valence-corrected chi connectivity index (χ1v) is 10.0.